The first kappa shape index (κ1) is 19.5. The van der Waals surface area contributed by atoms with Crippen LogP contribution >= 0.6 is 0 Å². The molecule has 3 aromatic carbocycles. The first-order chi connectivity index (χ1) is 14.7. The average molecular weight is 400 g/mol. The summed E-state index contributed by atoms with van der Waals surface area (Å²) in [6.07, 6.45) is 0. The number of hydrogen-bond donors (Lipinski definition) is 3. The average Bonchev–Trinajstić information content (AvgIpc) is 3.32. The molecule has 152 valence electrons. The Balaban J connectivity index is 1.32. The number of hydrogen-bond acceptors (Lipinski definition) is 5. The maximum Gasteiger partial charge on any atom is 0.251 e. The van der Waals surface area contributed by atoms with Crippen molar-refractivity contribution in [3.05, 3.63) is 83.9 Å². The van der Waals surface area contributed by atoms with Crippen molar-refractivity contribution in [2.45, 2.75) is 6.54 Å². The van der Waals surface area contributed by atoms with E-state index in [9.17, 15) is 4.79 Å². The van der Waals surface area contributed by atoms with E-state index in [2.05, 4.69) is 20.9 Å². The first-order valence-electron chi connectivity index (χ1n) is 9.88. The van der Waals surface area contributed by atoms with Crippen molar-refractivity contribution in [1.82, 2.24) is 10.6 Å². The molecule has 1 aliphatic heterocycles. The molecule has 30 heavy (non-hydrogen) atoms. The van der Waals surface area contributed by atoms with Crippen LogP contribution in [0.15, 0.2) is 77.8 Å². The van der Waals surface area contributed by atoms with Crippen LogP contribution in [0.5, 0.6) is 5.75 Å². The fourth-order valence-corrected chi connectivity index (χ4v) is 3.21. The van der Waals surface area contributed by atoms with E-state index in [4.69, 9.17) is 4.74 Å². The third-order valence-electron chi connectivity index (χ3n) is 4.91. The van der Waals surface area contributed by atoms with E-state index < -0.39 is 0 Å². The van der Waals surface area contributed by atoms with Gasteiger partial charge in [-0.1, -0.05) is 36.4 Å². The summed E-state index contributed by atoms with van der Waals surface area (Å²) < 4.78 is 5.19. The van der Waals surface area contributed by atoms with Crippen LogP contribution in [-0.2, 0) is 6.54 Å². The minimum Gasteiger partial charge on any atom is -0.497 e. The monoisotopic (exact) mass is 400 g/mol. The third-order valence-corrected chi connectivity index (χ3v) is 4.91. The van der Waals surface area contributed by atoms with E-state index >= 15 is 0 Å². The molecule has 3 N–H and O–H groups in total. The molecule has 0 fully saturated rings. The van der Waals surface area contributed by atoms with E-state index in [1.807, 2.05) is 72.8 Å². The molecule has 0 bridgehead atoms. The molecular formula is C24H24N4O2. The van der Waals surface area contributed by atoms with Crippen LogP contribution in [0.1, 0.15) is 15.9 Å². The molecule has 4 rings (SSSR count). The fraction of sp³-hybridized carbons (Fsp3) is 0.167. The van der Waals surface area contributed by atoms with Gasteiger partial charge in [-0.25, -0.2) is 0 Å². The van der Waals surface area contributed by atoms with Gasteiger partial charge in [0.1, 0.15) is 5.75 Å². The van der Waals surface area contributed by atoms with E-state index in [-0.39, 0.29) is 5.91 Å². The molecule has 1 heterocycles. The minimum absolute atomic E-state index is 0.0945. The van der Waals surface area contributed by atoms with E-state index in [1.165, 1.54) is 0 Å². The fourth-order valence-electron chi connectivity index (χ4n) is 3.21. The zero-order valence-electron chi connectivity index (χ0n) is 16.8. The van der Waals surface area contributed by atoms with Gasteiger partial charge in [0.15, 0.2) is 5.96 Å². The number of benzene rings is 3. The molecule has 0 saturated carbocycles. The summed E-state index contributed by atoms with van der Waals surface area (Å²) in [7, 11) is 1.65. The molecule has 3 aromatic rings. The lowest BCUT2D eigenvalue weighted by Gasteiger charge is -2.09. The Hall–Kier alpha value is -3.80. The van der Waals surface area contributed by atoms with Gasteiger partial charge in [0.25, 0.3) is 5.91 Å². The number of carbonyl (C=O) groups excluding carboxylic acids is 1. The number of nitrogens with zero attached hydrogens (tertiary/aromatic N) is 1. The molecule has 0 radical (unpaired) electrons. The van der Waals surface area contributed by atoms with Crippen LogP contribution in [0.2, 0.25) is 0 Å². The van der Waals surface area contributed by atoms with Crippen molar-refractivity contribution < 1.29 is 9.53 Å². The summed E-state index contributed by atoms with van der Waals surface area (Å²) >= 11 is 0. The predicted octanol–water partition coefficient (Wildman–Crippen LogP) is 3.66. The Kier molecular flexibility index (Phi) is 5.94. The molecule has 0 unspecified atom stereocenters. The number of anilines is 1. The number of nitrogens with one attached hydrogen (secondary N) is 3. The second-order valence-electron chi connectivity index (χ2n) is 6.97. The Bertz CT molecular complexity index is 1030. The Labute approximate surface area is 176 Å². The summed E-state index contributed by atoms with van der Waals surface area (Å²) in [5, 5.41) is 9.37. The van der Waals surface area contributed by atoms with Gasteiger partial charge in [-0.15, -0.1) is 0 Å². The number of aliphatic imine (C=N–C) groups is 1. The van der Waals surface area contributed by atoms with Crippen LogP contribution < -0.4 is 20.7 Å². The number of rotatable bonds is 6. The highest BCUT2D eigenvalue weighted by molar-refractivity contribution is 5.95. The van der Waals surface area contributed by atoms with Crippen LogP contribution in [0.4, 0.5) is 5.69 Å². The number of guanidine groups is 1. The Morgan fingerprint density at radius 3 is 2.23 bits per heavy atom. The van der Waals surface area contributed by atoms with Gasteiger partial charge in [-0.05, 0) is 53.1 Å². The molecule has 6 nitrogen and oxygen atoms in total. The molecule has 1 amide bonds. The maximum atomic E-state index is 12.5. The predicted molar refractivity (Wildman–Crippen MR) is 120 cm³/mol. The number of ether oxygens (including phenoxy) is 1. The lowest BCUT2D eigenvalue weighted by molar-refractivity contribution is 0.0951. The van der Waals surface area contributed by atoms with Crippen LogP contribution in [0, 0.1) is 0 Å². The van der Waals surface area contributed by atoms with Crippen molar-refractivity contribution in [2.24, 2.45) is 4.99 Å². The Morgan fingerprint density at radius 1 is 0.967 bits per heavy atom. The van der Waals surface area contributed by atoms with E-state index in [1.54, 1.807) is 7.11 Å². The summed E-state index contributed by atoms with van der Waals surface area (Å²) in [6.45, 7) is 2.14. The van der Waals surface area contributed by atoms with Gasteiger partial charge >= 0.3 is 0 Å². The number of amides is 1. The normalized spacial score (nSPS) is 12.6. The molecule has 0 aromatic heterocycles. The zero-order valence-corrected chi connectivity index (χ0v) is 16.8. The molecule has 1 aliphatic rings. The zero-order chi connectivity index (χ0) is 20.8. The van der Waals surface area contributed by atoms with Crippen LogP contribution in [0.3, 0.4) is 0 Å². The van der Waals surface area contributed by atoms with Crippen molar-refractivity contribution in [2.75, 3.05) is 25.5 Å². The van der Waals surface area contributed by atoms with Crippen LogP contribution in [-0.4, -0.2) is 32.1 Å². The minimum atomic E-state index is -0.0945. The number of carbonyl (C=O) groups is 1. The topological polar surface area (TPSA) is 74.8 Å². The van der Waals surface area contributed by atoms with Crippen LogP contribution in [0.25, 0.3) is 11.1 Å². The van der Waals surface area contributed by atoms with Gasteiger partial charge in [-0.3, -0.25) is 9.79 Å². The quantitative estimate of drug-likeness (QED) is 0.590. The highest BCUT2D eigenvalue weighted by Gasteiger charge is 2.07. The van der Waals surface area contributed by atoms with Gasteiger partial charge < -0.3 is 20.7 Å². The second kappa shape index (κ2) is 9.13. The lowest BCUT2D eigenvalue weighted by atomic mass is 10.0. The molecular weight excluding hydrogens is 376 g/mol. The largest absolute Gasteiger partial charge is 0.497 e. The summed E-state index contributed by atoms with van der Waals surface area (Å²) in [5.74, 6) is 1.53. The maximum absolute atomic E-state index is 12.5. The smallest absolute Gasteiger partial charge is 0.251 e. The lowest BCUT2D eigenvalue weighted by Crippen LogP contribution is -2.26. The summed E-state index contributed by atoms with van der Waals surface area (Å²) in [6, 6.07) is 23.4. The third kappa shape index (κ3) is 4.78. The first-order valence-corrected chi connectivity index (χ1v) is 9.88. The molecule has 0 atom stereocenters. The van der Waals surface area contributed by atoms with Gasteiger partial charge in [0, 0.05) is 24.3 Å². The summed E-state index contributed by atoms with van der Waals surface area (Å²) in [4.78, 5) is 16.8. The highest BCUT2D eigenvalue weighted by atomic mass is 16.5. The molecule has 0 saturated heterocycles. The van der Waals surface area contributed by atoms with Crippen molar-refractivity contribution >= 4 is 17.6 Å². The number of methoxy groups -OCH3 is 1. The van der Waals surface area contributed by atoms with Crippen molar-refractivity contribution in [1.29, 1.82) is 0 Å². The van der Waals surface area contributed by atoms with E-state index in [0.29, 0.717) is 12.1 Å². The van der Waals surface area contributed by atoms with Gasteiger partial charge in [0.05, 0.1) is 13.7 Å². The standard InChI is InChI=1S/C24H24N4O2/c1-30-22-12-8-19(9-13-22)18-4-6-20(7-5-18)23(29)27-16-17-2-10-21(11-3-17)28-24-25-14-15-26-24/h2-13H,14-16H2,1H3,(H,27,29)(H2,25,26,28). The van der Waals surface area contributed by atoms with Gasteiger partial charge in [0.2, 0.25) is 0 Å². The Morgan fingerprint density at radius 2 is 1.63 bits per heavy atom. The summed E-state index contributed by atoms with van der Waals surface area (Å²) in [5.41, 5.74) is 4.77. The molecule has 0 aliphatic carbocycles. The SMILES string of the molecule is COc1ccc(-c2ccc(C(=O)NCc3ccc(NC4=NCCN4)cc3)cc2)cc1. The van der Waals surface area contributed by atoms with E-state index in [0.717, 1.165) is 47.2 Å². The van der Waals surface area contributed by atoms with Crippen molar-refractivity contribution in [3.63, 3.8) is 0 Å². The highest BCUT2D eigenvalue weighted by Crippen LogP contribution is 2.22. The molecule has 6 heteroatoms. The van der Waals surface area contributed by atoms with Gasteiger partial charge in [-0.2, -0.15) is 0 Å². The molecule has 0 spiro atoms. The van der Waals surface area contributed by atoms with Crippen molar-refractivity contribution in [3.8, 4) is 16.9 Å². The second-order valence-corrected chi connectivity index (χ2v) is 6.97.